The molecule has 0 aliphatic rings. The second-order valence-corrected chi connectivity index (χ2v) is 3.77. The van der Waals surface area contributed by atoms with Crippen LogP contribution in [0, 0.1) is 6.92 Å². The highest BCUT2D eigenvalue weighted by molar-refractivity contribution is 6.16. The molecule has 0 fully saturated rings. The minimum atomic E-state index is 0.508. The minimum absolute atomic E-state index is 0.508. The fraction of sp³-hybridized carbons (Fsp3) is 0.357. The van der Waals surface area contributed by atoms with Crippen LogP contribution in [0.2, 0.25) is 0 Å². The predicted octanol–water partition coefficient (Wildman–Crippen LogP) is 4.00. The van der Waals surface area contributed by atoms with Crippen LogP contribution in [0.4, 0.5) is 0 Å². The number of benzene rings is 1. The average molecular weight is 251 g/mol. The number of aryl methyl sites for hydroxylation is 1. The molecule has 0 saturated heterocycles. The molecule has 2 aromatic rings. The normalized spacial score (nSPS) is 9.65. The average Bonchev–Trinajstić information content (AvgIpc) is 2.74. The number of imidazole rings is 1. The maximum atomic E-state index is 5.85. The zero-order valence-electron chi connectivity index (χ0n) is 10.7. The summed E-state index contributed by atoms with van der Waals surface area (Å²) >= 11 is 5.85. The van der Waals surface area contributed by atoms with Gasteiger partial charge in [-0.15, -0.1) is 11.6 Å². The summed E-state index contributed by atoms with van der Waals surface area (Å²) in [6, 6.07) is 10.3. The molecule has 0 amide bonds. The third kappa shape index (κ3) is 3.60. The number of aromatic nitrogens is 2. The van der Waals surface area contributed by atoms with E-state index in [2.05, 4.69) is 21.7 Å². The Morgan fingerprint density at radius 1 is 1.18 bits per heavy atom. The summed E-state index contributed by atoms with van der Waals surface area (Å²) in [4.78, 5) is 4.26. The first-order valence-corrected chi connectivity index (χ1v) is 6.45. The number of rotatable bonds is 3. The lowest BCUT2D eigenvalue weighted by molar-refractivity contribution is 0.734. The maximum absolute atomic E-state index is 5.85. The molecule has 2 nitrogen and oxygen atoms in total. The summed E-state index contributed by atoms with van der Waals surface area (Å²) in [5.74, 6) is 1.52. The summed E-state index contributed by atoms with van der Waals surface area (Å²) in [5.41, 5.74) is 2.34. The van der Waals surface area contributed by atoms with Crippen molar-refractivity contribution in [3.05, 3.63) is 53.6 Å². The first-order valence-electron chi connectivity index (χ1n) is 5.92. The Morgan fingerprint density at radius 3 is 2.41 bits per heavy atom. The molecule has 0 bridgehead atoms. The van der Waals surface area contributed by atoms with Gasteiger partial charge in [-0.05, 0) is 12.5 Å². The molecule has 0 radical (unpaired) electrons. The van der Waals surface area contributed by atoms with Crippen LogP contribution in [0.25, 0.3) is 0 Å². The van der Waals surface area contributed by atoms with Crippen molar-refractivity contribution >= 4 is 11.6 Å². The third-order valence-electron chi connectivity index (χ3n) is 2.46. The van der Waals surface area contributed by atoms with Crippen molar-refractivity contribution in [2.75, 3.05) is 0 Å². The molecule has 0 aliphatic carbocycles. The SMILES string of the molecule is CC.Cc1ncc(CCl)n1Cc1ccccc1. The van der Waals surface area contributed by atoms with Crippen molar-refractivity contribution in [2.45, 2.75) is 33.2 Å². The van der Waals surface area contributed by atoms with Gasteiger partial charge in [0.15, 0.2) is 0 Å². The van der Waals surface area contributed by atoms with Crippen LogP contribution in [-0.2, 0) is 12.4 Å². The molecule has 0 spiro atoms. The highest BCUT2D eigenvalue weighted by Gasteiger charge is 2.05. The molecular formula is C14H19ClN2. The molecule has 1 aromatic heterocycles. The molecule has 0 unspecified atom stereocenters. The first-order chi connectivity index (χ1) is 8.31. The summed E-state index contributed by atoms with van der Waals surface area (Å²) in [7, 11) is 0. The van der Waals surface area contributed by atoms with Crippen molar-refractivity contribution in [3.8, 4) is 0 Å². The molecule has 0 N–H and O–H groups in total. The van der Waals surface area contributed by atoms with Crippen LogP contribution in [0.3, 0.4) is 0 Å². The van der Waals surface area contributed by atoms with E-state index in [1.165, 1.54) is 5.56 Å². The number of nitrogens with zero attached hydrogens (tertiary/aromatic N) is 2. The molecule has 1 aromatic carbocycles. The fourth-order valence-corrected chi connectivity index (χ4v) is 1.82. The van der Waals surface area contributed by atoms with Crippen LogP contribution < -0.4 is 0 Å². The smallest absolute Gasteiger partial charge is 0.106 e. The third-order valence-corrected chi connectivity index (χ3v) is 2.73. The Kier molecular flexibility index (Phi) is 5.78. The van der Waals surface area contributed by atoms with Gasteiger partial charge in [0, 0.05) is 12.7 Å². The molecule has 17 heavy (non-hydrogen) atoms. The Morgan fingerprint density at radius 2 is 1.82 bits per heavy atom. The molecule has 0 aliphatic heterocycles. The van der Waals surface area contributed by atoms with Gasteiger partial charge in [0.05, 0.1) is 11.6 Å². The van der Waals surface area contributed by atoms with Crippen LogP contribution in [0.1, 0.15) is 30.9 Å². The van der Waals surface area contributed by atoms with Crippen LogP contribution in [0.5, 0.6) is 0 Å². The summed E-state index contributed by atoms with van der Waals surface area (Å²) in [6.07, 6.45) is 1.84. The molecule has 1 heterocycles. The summed E-state index contributed by atoms with van der Waals surface area (Å²) in [6.45, 7) is 6.84. The van der Waals surface area contributed by atoms with E-state index in [0.717, 1.165) is 18.1 Å². The van der Waals surface area contributed by atoms with Gasteiger partial charge in [-0.25, -0.2) is 4.98 Å². The number of hydrogen-bond donors (Lipinski definition) is 0. The second-order valence-electron chi connectivity index (χ2n) is 3.50. The van der Waals surface area contributed by atoms with Crippen LogP contribution >= 0.6 is 11.6 Å². The van der Waals surface area contributed by atoms with Crippen molar-refractivity contribution < 1.29 is 0 Å². The summed E-state index contributed by atoms with van der Waals surface area (Å²) < 4.78 is 2.14. The molecular weight excluding hydrogens is 232 g/mol. The lowest BCUT2D eigenvalue weighted by Gasteiger charge is -2.08. The van der Waals surface area contributed by atoms with Gasteiger partial charge >= 0.3 is 0 Å². The first kappa shape index (κ1) is 13.8. The standard InChI is InChI=1S/C12H13ClN2.C2H6/c1-10-14-8-12(7-13)15(10)9-11-5-3-2-4-6-11;1-2/h2-6,8H,7,9H2,1H3;1-2H3. The Balaban J connectivity index is 0.000000686. The van der Waals surface area contributed by atoms with Gasteiger partial charge in [-0.1, -0.05) is 44.2 Å². The quantitative estimate of drug-likeness (QED) is 0.753. The molecule has 2 rings (SSSR count). The molecule has 0 atom stereocenters. The molecule has 92 valence electrons. The van der Waals surface area contributed by atoms with E-state index in [9.17, 15) is 0 Å². The van der Waals surface area contributed by atoms with Crippen molar-refractivity contribution in [1.29, 1.82) is 0 Å². The van der Waals surface area contributed by atoms with Crippen LogP contribution in [0.15, 0.2) is 36.5 Å². The minimum Gasteiger partial charge on any atom is -0.327 e. The zero-order valence-corrected chi connectivity index (χ0v) is 11.4. The van der Waals surface area contributed by atoms with E-state index in [-0.39, 0.29) is 0 Å². The number of halogens is 1. The van der Waals surface area contributed by atoms with Crippen molar-refractivity contribution in [3.63, 3.8) is 0 Å². The van der Waals surface area contributed by atoms with E-state index in [0.29, 0.717) is 5.88 Å². The van der Waals surface area contributed by atoms with Gasteiger partial charge in [-0.3, -0.25) is 0 Å². The van der Waals surface area contributed by atoms with E-state index >= 15 is 0 Å². The van der Waals surface area contributed by atoms with E-state index < -0.39 is 0 Å². The van der Waals surface area contributed by atoms with Gasteiger partial charge in [-0.2, -0.15) is 0 Å². The lowest BCUT2D eigenvalue weighted by Crippen LogP contribution is -2.05. The van der Waals surface area contributed by atoms with Gasteiger partial charge < -0.3 is 4.57 Å². The lowest BCUT2D eigenvalue weighted by atomic mass is 10.2. The zero-order chi connectivity index (χ0) is 12.7. The maximum Gasteiger partial charge on any atom is 0.106 e. The predicted molar refractivity (Wildman–Crippen MR) is 73.4 cm³/mol. The van der Waals surface area contributed by atoms with Gasteiger partial charge in [0.1, 0.15) is 5.82 Å². The van der Waals surface area contributed by atoms with E-state index in [1.54, 1.807) is 0 Å². The largest absolute Gasteiger partial charge is 0.327 e. The monoisotopic (exact) mass is 250 g/mol. The fourth-order valence-electron chi connectivity index (χ4n) is 1.60. The highest BCUT2D eigenvalue weighted by Crippen LogP contribution is 2.11. The van der Waals surface area contributed by atoms with Crippen LogP contribution in [-0.4, -0.2) is 9.55 Å². The van der Waals surface area contributed by atoms with E-state index in [1.807, 2.05) is 45.2 Å². The summed E-state index contributed by atoms with van der Waals surface area (Å²) in [5, 5.41) is 0. The second kappa shape index (κ2) is 7.13. The van der Waals surface area contributed by atoms with E-state index in [4.69, 9.17) is 11.6 Å². The Labute approximate surface area is 108 Å². The topological polar surface area (TPSA) is 17.8 Å². The van der Waals surface area contributed by atoms with Gasteiger partial charge in [0.2, 0.25) is 0 Å². The Bertz CT molecular complexity index is 435. The Hall–Kier alpha value is -1.28. The highest BCUT2D eigenvalue weighted by atomic mass is 35.5. The number of alkyl halides is 1. The number of hydrogen-bond acceptors (Lipinski definition) is 1. The van der Waals surface area contributed by atoms with Crippen molar-refractivity contribution in [1.82, 2.24) is 9.55 Å². The molecule has 3 heteroatoms. The van der Waals surface area contributed by atoms with Crippen molar-refractivity contribution in [2.24, 2.45) is 0 Å². The molecule has 0 saturated carbocycles. The van der Waals surface area contributed by atoms with Gasteiger partial charge in [0.25, 0.3) is 0 Å².